The van der Waals surface area contributed by atoms with Crippen LogP contribution in [0.15, 0.2) is 54.6 Å². The summed E-state index contributed by atoms with van der Waals surface area (Å²) in [6, 6.07) is 9.68. The van der Waals surface area contributed by atoms with Crippen LogP contribution in [0.25, 0.3) is 22.5 Å². The number of hydrogen-bond donors (Lipinski definition) is 7. The van der Waals surface area contributed by atoms with Crippen molar-refractivity contribution < 1.29 is 57.6 Å². The second kappa shape index (κ2) is 24.1. The normalized spacial score (nSPS) is 16.4. The topological polar surface area (TPSA) is 292 Å². The molecule has 0 radical (unpaired) electrons. The SMILES string of the molecule is COC(=O)[C@@H]1Cc2cc(N)c(O)c(c2)-c2cc(ccc2OCCNC(=O)OC(C)(C)C)[C@H](N(C)C(=O)[C@H](CCNC(=O)OC(C)(C)C)NC(=O)c2c(C)nc(-c3ccc(C(C)(C)C)cc3)nc2C)C(=O)N[C@@H](C)C(=O)N1. The van der Waals surface area contributed by atoms with E-state index in [1.807, 2.05) is 24.3 Å². The molecule has 0 aliphatic carbocycles. The van der Waals surface area contributed by atoms with Crippen molar-refractivity contribution >= 4 is 47.5 Å². The first kappa shape index (κ1) is 58.9. The lowest BCUT2D eigenvalue weighted by molar-refractivity contribution is -0.145. The molecule has 0 fully saturated rings. The Bertz CT molecular complexity index is 2810. The Morgan fingerprint density at radius 3 is 1.97 bits per heavy atom. The summed E-state index contributed by atoms with van der Waals surface area (Å²) >= 11 is 0. The van der Waals surface area contributed by atoms with Gasteiger partial charge in [0.05, 0.1) is 36.3 Å². The zero-order valence-corrected chi connectivity index (χ0v) is 45.9. The van der Waals surface area contributed by atoms with E-state index in [1.54, 1.807) is 55.4 Å². The standard InChI is InChI=1S/C55H73N9O12/c1-29-42(30(2)60-45(59-29)33-15-18-35(19-16-33)53(4,5)6)47(67)62-39(21-22-57-51(71)75-54(7,8)9)49(69)64(13)43-34-17-20-41(74-24-23-58-52(72)76-55(10,11)12)36(28-34)37-25-32(26-38(56)44(37)65)27-40(50(70)73-14)63-46(66)31(3)61-48(43)68/h15-20,25-26,28,31,39-40,43,65H,21-24,27,56H2,1-14H3,(H,57,71)(H,58,72)(H,61,68)(H,62,67)(H,63,66)/t31-,39-,40-,43-/m0/s1. The van der Waals surface area contributed by atoms with E-state index >= 15 is 4.79 Å². The van der Waals surface area contributed by atoms with Crippen molar-refractivity contribution in [3.05, 3.63) is 88.2 Å². The molecular weight excluding hydrogens is 979 g/mol. The van der Waals surface area contributed by atoms with E-state index < -0.39 is 82.9 Å². The van der Waals surface area contributed by atoms with Crippen molar-refractivity contribution in [3.63, 3.8) is 0 Å². The molecule has 4 atom stereocenters. The number of esters is 1. The van der Waals surface area contributed by atoms with Crippen LogP contribution in [0.4, 0.5) is 15.3 Å². The number of anilines is 1. The quantitative estimate of drug-likeness (QED) is 0.0272. The number of methoxy groups -OCH3 is 1. The number of nitrogens with two attached hydrogens (primary N) is 1. The lowest BCUT2D eigenvalue weighted by Crippen LogP contribution is -2.55. The van der Waals surface area contributed by atoms with Crippen LogP contribution in [-0.4, -0.2) is 125 Å². The van der Waals surface area contributed by atoms with Gasteiger partial charge in [0.25, 0.3) is 5.91 Å². The first-order valence-corrected chi connectivity index (χ1v) is 24.9. The number of nitrogen functional groups attached to an aromatic ring is 1. The minimum Gasteiger partial charge on any atom is -0.505 e. The first-order chi connectivity index (χ1) is 35.4. The van der Waals surface area contributed by atoms with Crippen LogP contribution < -0.4 is 37.1 Å². The minimum atomic E-state index is -1.58. The van der Waals surface area contributed by atoms with Gasteiger partial charge < -0.3 is 61.3 Å². The number of aromatic hydroxyl groups is 1. The molecule has 0 saturated carbocycles. The number of ether oxygens (including phenoxy) is 4. The second-order valence-corrected chi connectivity index (χ2v) is 21.6. The highest BCUT2D eigenvalue weighted by atomic mass is 16.6. The van der Waals surface area contributed by atoms with Crippen molar-refractivity contribution in [3.8, 4) is 34.0 Å². The Kier molecular flexibility index (Phi) is 18.7. The third kappa shape index (κ3) is 15.5. The molecule has 0 unspecified atom stereocenters. The molecule has 4 bridgehead atoms. The van der Waals surface area contributed by atoms with Gasteiger partial charge in [-0.2, -0.15) is 0 Å². The van der Waals surface area contributed by atoms with E-state index in [0.29, 0.717) is 22.8 Å². The van der Waals surface area contributed by atoms with Crippen molar-refractivity contribution in [2.75, 3.05) is 39.6 Å². The van der Waals surface area contributed by atoms with Gasteiger partial charge in [-0.3, -0.25) is 19.2 Å². The Morgan fingerprint density at radius 1 is 0.816 bits per heavy atom. The summed E-state index contributed by atoms with van der Waals surface area (Å²) in [7, 11) is 2.48. The Balaban J connectivity index is 1.61. The zero-order valence-electron chi connectivity index (χ0n) is 45.9. The van der Waals surface area contributed by atoms with Gasteiger partial charge in [0, 0.05) is 36.7 Å². The fraction of sp³-hybridized carbons (Fsp3) is 0.473. The van der Waals surface area contributed by atoms with Crippen LogP contribution >= 0.6 is 0 Å². The summed E-state index contributed by atoms with van der Waals surface area (Å²) in [4.78, 5) is 107. The maximum absolute atomic E-state index is 15.2. The number of nitrogens with one attached hydrogen (secondary N) is 5. The van der Waals surface area contributed by atoms with Crippen molar-refractivity contribution in [2.24, 2.45) is 0 Å². The maximum atomic E-state index is 15.2. The number of rotatable bonds is 13. The van der Waals surface area contributed by atoms with Gasteiger partial charge in [0.15, 0.2) is 5.82 Å². The number of carbonyl (C=O) groups excluding carboxylic acids is 7. The molecule has 1 aliphatic rings. The zero-order chi connectivity index (χ0) is 56.6. The summed E-state index contributed by atoms with van der Waals surface area (Å²) in [5.41, 5.74) is 7.97. The van der Waals surface area contributed by atoms with Crippen molar-refractivity contribution in [1.82, 2.24) is 41.5 Å². The summed E-state index contributed by atoms with van der Waals surface area (Å²) in [6.45, 7) is 20.9. The van der Waals surface area contributed by atoms with E-state index in [0.717, 1.165) is 23.1 Å². The predicted octanol–water partition coefficient (Wildman–Crippen LogP) is 5.85. The number of nitrogens with zero attached hydrogens (tertiary/aromatic N) is 3. The van der Waals surface area contributed by atoms with E-state index in [9.17, 15) is 33.9 Å². The van der Waals surface area contributed by atoms with Crippen LogP contribution in [0.2, 0.25) is 0 Å². The van der Waals surface area contributed by atoms with Crippen molar-refractivity contribution in [1.29, 1.82) is 0 Å². The third-order valence-corrected chi connectivity index (χ3v) is 12.0. The van der Waals surface area contributed by atoms with Gasteiger partial charge in [-0.05, 0) is 115 Å². The van der Waals surface area contributed by atoms with Crippen molar-refractivity contribution in [2.45, 2.75) is 137 Å². The number of aromatic nitrogens is 2. The summed E-state index contributed by atoms with van der Waals surface area (Å²) in [5, 5.41) is 25.0. The third-order valence-electron chi connectivity index (χ3n) is 12.0. The van der Waals surface area contributed by atoms with Gasteiger partial charge in [-0.1, -0.05) is 51.1 Å². The predicted molar refractivity (Wildman–Crippen MR) is 284 cm³/mol. The highest BCUT2D eigenvalue weighted by molar-refractivity contribution is 6.00. The molecule has 76 heavy (non-hydrogen) atoms. The number of carbonyl (C=O) groups is 7. The Morgan fingerprint density at radius 2 is 1.41 bits per heavy atom. The molecule has 8 N–H and O–H groups in total. The molecule has 4 aromatic rings. The number of alkyl carbamates (subject to hydrolysis) is 2. The van der Waals surface area contributed by atoms with Gasteiger partial charge >= 0.3 is 18.2 Å². The average Bonchev–Trinajstić information content (AvgIpc) is 3.31. The number of phenols is 1. The van der Waals surface area contributed by atoms with E-state index in [4.69, 9.17) is 24.7 Å². The van der Waals surface area contributed by atoms with Crippen LogP contribution in [-0.2, 0) is 45.2 Å². The molecule has 3 aromatic carbocycles. The van der Waals surface area contributed by atoms with Crippen LogP contribution in [0.1, 0.15) is 120 Å². The van der Waals surface area contributed by atoms with Crippen LogP contribution in [0.5, 0.6) is 11.5 Å². The number of phenolic OH excluding ortho intramolecular Hbond substituents is 1. The number of amides is 6. The molecule has 5 rings (SSSR count). The Labute approximate surface area is 443 Å². The number of benzene rings is 3. The van der Waals surface area contributed by atoms with Gasteiger partial charge in [0.1, 0.15) is 53.5 Å². The molecule has 1 aromatic heterocycles. The largest absolute Gasteiger partial charge is 0.505 e. The lowest BCUT2D eigenvalue weighted by atomic mass is 9.86. The van der Waals surface area contributed by atoms with Crippen LogP contribution in [0.3, 0.4) is 0 Å². The van der Waals surface area contributed by atoms with E-state index in [-0.39, 0.29) is 71.6 Å². The highest BCUT2D eigenvalue weighted by Gasteiger charge is 2.37. The first-order valence-electron chi connectivity index (χ1n) is 24.9. The van der Waals surface area contributed by atoms with E-state index in [2.05, 4.69) is 57.3 Å². The molecule has 21 nitrogen and oxygen atoms in total. The lowest BCUT2D eigenvalue weighted by Gasteiger charge is -2.33. The number of fused-ring (bicyclic) bond motifs is 5. The van der Waals surface area contributed by atoms with Crippen LogP contribution in [0, 0.1) is 13.8 Å². The molecule has 6 amide bonds. The number of hydrogen-bond acceptors (Lipinski definition) is 15. The molecule has 1 aliphatic heterocycles. The fourth-order valence-corrected chi connectivity index (χ4v) is 8.29. The number of aryl methyl sites for hydroxylation is 2. The average molecular weight is 1050 g/mol. The van der Waals surface area contributed by atoms with Gasteiger partial charge in [-0.25, -0.2) is 24.4 Å². The highest BCUT2D eigenvalue weighted by Crippen LogP contribution is 2.42. The maximum Gasteiger partial charge on any atom is 0.407 e. The molecule has 21 heteroatoms. The summed E-state index contributed by atoms with van der Waals surface area (Å²) < 4.78 is 22.0. The van der Waals surface area contributed by atoms with Gasteiger partial charge in [-0.15, -0.1) is 0 Å². The molecular formula is C55H73N9O12. The molecule has 0 saturated heterocycles. The fourth-order valence-electron chi connectivity index (χ4n) is 8.29. The Hall–Kier alpha value is -7.97. The van der Waals surface area contributed by atoms with Gasteiger partial charge in [0.2, 0.25) is 17.7 Å². The molecule has 0 spiro atoms. The number of likely N-dealkylation sites (N-methyl/N-ethyl adjacent to an activating group) is 1. The minimum absolute atomic E-state index is 0.0123. The smallest absolute Gasteiger partial charge is 0.407 e. The second-order valence-electron chi connectivity index (χ2n) is 21.6. The van der Waals surface area contributed by atoms with E-state index in [1.165, 1.54) is 44.3 Å². The summed E-state index contributed by atoms with van der Waals surface area (Å²) in [5.74, 6) is -3.84. The summed E-state index contributed by atoms with van der Waals surface area (Å²) in [6.07, 6.45) is -1.82. The molecule has 2 heterocycles. The monoisotopic (exact) mass is 1050 g/mol. The molecule has 410 valence electrons.